The number of nitrogens with zero attached hydrogens (tertiary/aromatic N) is 2. The number of fused-ring (bicyclic) bond motifs is 1. The van der Waals surface area contributed by atoms with E-state index in [1.54, 1.807) is 6.33 Å². The smallest absolute Gasteiger partial charge is 0.0932 e. The molecule has 3 nitrogen and oxygen atoms in total. The first-order valence-corrected chi connectivity index (χ1v) is 5.09. The molecule has 2 heterocycles. The molecule has 0 atom stereocenters. The van der Waals surface area contributed by atoms with Gasteiger partial charge in [-0.1, -0.05) is 27.2 Å². The van der Waals surface area contributed by atoms with Crippen molar-refractivity contribution in [2.75, 3.05) is 0 Å². The minimum Gasteiger partial charge on any atom is -0.343 e. The van der Waals surface area contributed by atoms with Gasteiger partial charge in [0.15, 0.2) is 0 Å². The average Bonchev–Trinajstić information content (AvgIpc) is 2.65. The number of hydrogen-bond acceptors (Lipinski definition) is 2. The van der Waals surface area contributed by atoms with E-state index in [0.29, 0.717) is 0 Å². The van der Waals surface area contributed by atoms with Crippen LogP contribution in [0.5, 0.6) is 0 Å². The molecule has 76 valence electrons. The molecule has 0 saturated heterocycles. The van der Waals surface area contributed by atoms with Crippen LogP contribution in [0.2, 0.25) is 0 Å². The summed E-state index contributed by atoms with van der Waals surface area (Å²) in [4.78, 5) is 11.4. The van der Waals surface area contributed by atoms with Crippen molar-refractivity contribution in [1.82, 2.24) is 15.0 Å². The van der Waals surface area contributed by atoms with E-state index in [1.165, 1.54) is 6.42 Å². The summed E-state index contributed by atoms with van der Waals surface area (Å²) in [6.07, 6.45) is 5.72. The largest absolute Gasteiger partial charge is 0.343 e. The van der Waals surface area contributed by atoms with Crippen LogP contribution in [0.15, 0.2) is 18.6 Å². The lowest BCUT2D eigenvalue weighted by Gasteiger charge is -1.92. The van der Waals surface area contributed by atoms with Crippen molar-refractivity contribution in [1.29, 1.82) is 0 Å². The Morgan fingerprint density at radius 1 is 1.21 bits per heavy atom. The summed E-state index contributed by atoms with van der Waals surface area (Å²) in [5.74, 6) is 0. The number of hydrogen-bond donors (Lipinski definition) is 1. The van der Waals surface area contributed by atoms with Gasteiger partial charge in [0.2, 0.25) is 0 Å². The first-order chi connectivity index (χ1) is 6.81. The summed E-state index contributed by atoms with van der Waals surface area (Å²) in [6, 6.07) is 2.01. The minimum absolute atomic E-state index is 0.961. The van der Waals surface area contributed by atoms with Crippen LogP contribution in [0.1, 0.15) is 32.9 Å². The number of rotatable bonds is 1. The zero-order valence-electron chi connectivity index (χ0n) is 9.04. The number of aromatic nitrogens is 3. The number of imidazole rings is 1. The molecule has 0 amide bonds. The molecular formula is C11H17N3. The van der Waals surface area contributed by atoms with Gasteiger partial charge in [-0.3, -0.25) is 4.98 Å². The van der Waals surface area contributed by atoms with E-state index < -0.39 is 0 Å². The van der Waals surface area contributed by atoms with Crippen molar-refractivity contribution in [3.05, 3.63) is 24.3 Å². The molecule has 0 aliphatic heterocycles. The van der Waals surface area contributed by atoms with Crippen LogP contribution in [-0.4, -0.2) is 15.0 Å². The summed E-state index contributed by atoms with van der Waals surface area (Å²) < 4.78 is 0. The predicted octanol–water partition coefficient (Wildman–Crippen LogP) is 2.94. The second kappa shape index (κ2) is 5.37. The molecule has 0 aliphatic carbocycles. The van der Waals surface area contributed by atoms with Crippen molar-refractivity contribution in [2.45, 2.75) is 33.6 Å². The van der Waals surface area contributed by atoms with Gasteiger partial charge < -0.3 is 4.98 Å². The molecule has 0 aromatic carbocycles. The van der Waals surface area contributed by atoms with Crippen LogP contribution in [0.3, 0.4) is 0 Å². The van der Waals surface area contributed by atoms with E-state index in [0.717, 1.165) is 23.1 Å². The molecule has 1 N–H and O–H groups in total. The van der Waals surface area contributed by atoms with Crippen molar-refractivity contribution in [3.63, 3.8) is 0 Å². The van der Waals surface area contributed by atoms with Gasteiger partial charge in [0.05, 0.1) is 23.6 Å². The van der Waals surface area contributed by atoms with Gasteiger partial charge in [0.1, 0.15) is 0 Å². The van der Waals surface area contributed by atoms with Gasteiger partial charge in [-0.15, -0.1) is 0 Å². The fourth-order valence-corrected chi connectivity index (χ4v) is 1.07. The number of H-pyrrole nitrogens is 1. The van der Waals surface area contributed by atoms with Crippen molar-refractivity contribution < 1.29 is 0 Å². The fourth-order valence-electron chi connectivity index (χ4n) is 1.07. The lowest BCUT2D eigenvalue weighted by Crippen LogP contribution is -1.84. The monoisotopic (exact) mass is 191 g/mol. The highest BCUT2D eigenvalue weighted by Crippen LogP contribution is 2.08. The second-order valence-corrected chi connectivity index (χ2v) is 3.16. The lowest BCUT2D eigenvalue weighted by molar-refractivity contribution is 1.04. The zero-order valence-corrected chi connectivity index (χ0v) is 9.04. The molecule has 0 aliphatic rings. The standard InChI is InChI=1S/C8H9N3.C3H8/c1-2-6-3-7-8(4-9-6)11-5-10-7;1-3-2/h3-5H,2H2,1H3,(H,10,11);3H2,1-2H3. The average molecular weight is 191 g/mol. The zero-order chi connectivity index (χ0) is 10.4. The van der Waals surface area contributed by atoms with E-state index in [1.807, 2.05) is 12.3 Å². The Morgan fingerprint density at radius 2 is 1.93 bits per heavy atom. The van der Waals surface area contributed by atoms with Gasteiger partial charge in [0.25, 0.3) is 0 Å². The van der Waals surface area contributed by atoms with Crippen molar-refractivity contribution in [2.24, 2.45) is 0 Å². The third-order valence-corrected chi connectivity index (χ3v) is 1.72. The van der Waals surface area contributed by atoms with Crippen LogP contribution < -0.4 is 0 Å². The summed E-state index contributed by atoms with van der Waals surface area (Å²) in [5, 5.41) is 0. The summed E-state index contributed by atoms with van der Waals surface area (Å²) in [6.45, 7) is 6.33. The van der Waals surface area contributed by atoms with E-state index in [9.17, 15) is 0 Å². The Hall–Kier alpha value is -1.38. The number of nitrogens with one attached hydrogen (secondary N) is 1. The molecule has 2 aromatic heterocycles. The third-order valence-electron chi connectivity index (χ3n) is 1.72. The minimum atomic E-state index is 0.961. The Morgan fingerprint density at radius 3 is 2.57 bits per heavy atom. The fraction of sp³-hybridized carbons (Fsp3) is 0.455. The van der Waals surface area contributed by atoms with Gasteiger partial charge in [-0.05, 0) is 12.5 Å². The molecule has 0 fully saturated rings. The normalized spacial score (nSPS) is 9.64. The first kappa shape index (κ1) is 10.7. The SMILES string of the molecule is CCC.CCc1cc2nc[nH]c2cn1. The molecule has 0 unspecified atom stereocenters. The Kier molecular flexibility index (Phi) is 4.11. The Balaban J connectivity index is 0.000000293. The summed E-state index contributed by atoms with van der Waals surface area (Å²) in [7, 11) is 0. The first-order valence-electron chi connectivity index (χ1n) is 5.09. The van der Waals surface area contributed by atoms with Gasteiger partial charge >= 0.3 is 0 Å². The van der Waals surface area contributed by atoms with E-state index in [-0.39, 0.29) is 0 Å². The molecule has 0 bridgehead atoms. The molecule has 3 heteroatoms. The van der Waals surface area contributed by atoms with Crippen LogP contribution in [0.4, 0.5) is 0 Å². The predicted molar refractivity (Wildman–Crippen MR) is 59.2 cm³/mol. The molecule has 0 saturated carbocycles. The molecule has 14 heavy (non-hydrogen) atoms. The van der Waals surface area contributed by atoms with Gasteiger partial charge in [0, 0.05) is 5.69 Å². The molecule has 2 aromatic rings. The third kappa shape index (κ3) is 2.55. The van der Waals surface area contributed by atoms with Crippen LogP contribution in [0, 0.1) is 0 Å². The van der Waals surface area contributed by atoms with Crippen molar-refractivity contribution >= 4 is 11.0 Å². The van der Waals surface area contributed by atoms with Gasteiger partial charge in [-0.25, -0.2) is 4.98 Å². The van der Waals surface area contributed by atoms with Crippen LogP contribution >= 0.6 is 0 Å². The summed E-state index contributed by atoms with van der Waals surface area (Å²) in [5.41, 5.74) is 3.09. The van der Waals surface area contributed by atoms with E-state index in [2.05, 4.69) is 35.7 Å². The highest BCUT2D eigenvalue weighted by molar-refractivity contribution is 5.73. The Bertz CT molecular complexity index is 379. The summed E-state index contributed by atoms with van der Waals surface area (Å²) >= 11 is 0. The van der Waals surface area contributed by atoms with E-state index in [4.69, 9.17) is 0 Å². The number of aryl methyl sites for hydroxylation is 1. The van der Waals surface area contributed by atoms with E-state index >= 15 is 0 Å². The second-order valence-electron chi connectivity index (χ2n) is 3.16. The molecule has 0 radical (unpaired) electrons. The van der Waals surface area contributed by atoms with Gasteiger partial charge in [-0.2, -0.15) is 0 Å². The number of aromatic amines is 1. The Labute approximate surface area is 84.6 Å². The quantitative estimate of drug-likeness (QED) is 0.753. The highest BCUT2D eigenvalue weighted by Gasteiger charge is 1.96. The van der Waals surface area contributed by atoms with Crippen molar-refractivity contribution in [3.8, 4) is 0 Å². The van der Waals surface area contributed by atoms with Crippen LogP contribution in [0.25, 0.3) is 11.0 Å². The maximum absolute atomic E-state index is 4.23. The topological polar surface area (TPSA) is 41.6 Å². The maximum Gasteiger partial charge on any atom is 0.0932 e. The lowest BCUT2D eigenvalue weighted by atomic mass is 10.3. The molecule has 0 spiro atoms. The van der Waals surface area contributed by atoms with Crippen LogP contribution in [-0.2, 0) is 6.42 Å². The highest BCUT2D eigenvalue weighted by atomic mass is 14.9. The maximum atomic E-state index is 4.23. The number of pyridine rings is 1. The molecule has 2 rings (SSSR count). The molecular weight excluding hydrogens is 174 g/mol.